The van der Waals surface area contributed by atoms with E-state index in [1.807, 2.05) is 23.1 Å². The maximum absolute atomic E-state index is 13.2. The SMILES string of the molecule is O=C(N1CCC(c2noc(COc3ccc(F)cc3)n2)CC1)C1(c2ccccc2)CC1. The number of likely N-dealkylation sites (tertiary alicyclic amines) is 1. The van der Waals surface area contributed by atoms with Gasteiger partial charge in [-0.2, -0.15) is 4.98 Å². The standard InChI is InChI=1S/C24H24FN3O3/c25-19-6-8-20(9-7-19)30-16-21-26-22(27-31-21)17-10-14-28(15-11-17)23(29)24(12-13-24)18-4-2-1-3-5-18/h1-9,17H,10-16H2. The number of rotatable bonds is 6. The zero-order valence-corrected chi connectivity index (χ0v) is 17.2. The molecule has 6 nitrogen and oxygen atoms in total. The number of ether oxygens (including phenoxy) is 1. The number of halogens is 1. The van der Waals surface area contributed by atoms with E-state index in [0.717, 1.165) is 31.2 Å². The van der Waals surface area contributed by atoms with Gasteiger partial charge >= 0.3 is 0 Å². The number of hydrogen-bond donors (Lipinski definition) is 0. The van der Waals surface area contributed by atoms with Crippen LogP contribution in [-0.4, -0.2) is 34.0 Å². The van der Waals surface area contributed by atoms with Crippen LogP contribution in [0.25, 0.3) is 0 Å². The first-order chi connectivity index (χ1) is 15.1. The second-order valence-corrected chi connectivity index (χ2v) is 8.30. The molecule has 0 radical (unpaired) electrons. The van der Waals surface area contributed by atoms with Crippen molar-refractivity contribution in [1.29, 1.82) is 0 Å². The number of carbonyl (C=O) groups is 1. The largest absolute Gasteiger partial charge is 0.484 e. The molecule has 1 saturated carbocycles. The molecule has 31 heavy (non-hydrogen) atoms. The Morgan fingerprint density at radius 1 is 1.10 bits per heavy atom. The van der Waals surface area contributed by atoms with Gasteiger partial charge in [0.15, 0.2) is 12.4 Å². The van der Waals surface area contributed by atoms with Crippen LogP contribution in [0.4, 0.5) is 4.39 Å². The first-order valence-electron chi connectivity index (χ1n) is 10.7. The number of hydrogen-bond acceptors (Lipinski definition) is 5. The molecule has 1 aromatic heterocycles. The summed E-state index contributed by atoms with van der Waals surface area (Å²) in [5.74, 6) is 1.69. The lowest BCUT2D eigenvalue weighted by Crippen LogP contribution is -2.43. The zero-order valence-electron chi connectivity index (χ0n) is 17.2. The van der Waals surface area contributed by atoms with E-state index in [0.29, 0.717) is 30.6 Å². The second kappa shape index (κ2) is 8.13. The molecule has 0 N–H and O–H groups in total. The fraction of sp³-hybridized carbons (Fsp3) is 0.375. The summed E-state index contributed by atoms with van der Waals surface area (Å²) in [6.07, 6.45) is 3.48. The summed E-state index contributed by atoms with van der Waals surface area (Å²) < 4.78 is 23.9. The van der Waals surface area contributed by atoms with Gasteiger partial charge in [-0.25, -0.2) is 4.39 Å². The van der Waals surface area contributed by atoms with Crippen molar-refractivity contribution >= 4 is 5.91 Å². The highest BCUT2D eigenvalue weighted by atomic mass is 19.1. The van der Waals surface area contributed by atoms with Gasteiger partial charge in [-0.15, -0.1) is 0 Å². The predicted octanol–water partition coefficient (Wildman–Crippen LogP) is 4.23. The van der Waals surface area contributed by atoms with E-state index >= 15 is 0 Å². The van der Waals surface area contributed by atoms with Crippen LogP contribution < -0.4 is 4.74 Å². The van der Waals surface area contributed by atoms with Crippen molar-refractivity contribution in [3.63, 3.8) is 0 Å². The fourth-order valence-electron chi connectivity index (χ4n) is 4.32. The molecule has 1 amide bonds. The van der Waals surface area contributed by atoms with Gasteiger partial charge in [0.25, 0.3) is 5.89 Å². The molecule has 2 fully saturated rings. The van der Waals surface area contributed by atoms with E-state index in [4.69, 9.17) is 9.26 Å². The number of piperidine rings is 1. The van der Waals surface area contributed by atoms with Crippen LogP contribution in [0.3, 0.4) is 0 Å². The lowest BCUT2D eigenvalue weighted by atomic mass is 9.91. The van der Waals surface area contributed by atoms with Gasteiger partial charge in [-0.1, -0.05) is 35.5 Å². The fourth-order valence-corrected chi connectivity index (χ4v) is 4.32. The molecule has 2 aromatic carbocycles. The minimum absolute atomic E-state index is 0.134. The number of nitrogens with zero attached hydrogens (tertiary/aromatic N) is 3. The number of benzene rings is 2. The van der Waals surface area contributed by atoms with Crippen LogP contribution in [0.15, 0.2) is 59.1 Å². The quantitative estimate of drug-likeness (QED) is 0.596. The summed E-state index contributed by atoms with van der Waals surface area (Å²) in [4.78, 5) is 19.7. The minimum Gasteiger partial charge on any atom is -0.484 e. The third kappa shape index (κ3) is 4.04. The molecule has 160 valence electrons. The smallest absolute Gasteiger partial charge is 0.264 e. The molecule has 1 saturated heterocycles. The van der Waals surface area contributed by atoms with Gasteiger partial charge in [0.2, 0.25) is 5.91 Å². The molecular weight excluding hydrogens is 397 g/mol. The summed E-state index contributed by atoms with van der Waals surface area (Å²) in [5.41, 5.74) is 0.816. The Bertz CT molecular complexity index is 1040. The summed E-state index contributed by atoms with van der Waals surface area (Å²) >= 11 is 0. The Morgan fingerprint density at radius 3 is 2.48 bits per heavy atom. The third-order valence-electron chi connectivity index (χ3n) is 6.29. The first-order valence-corrected chi connectivity index (χ1v) is 10.7. The molecule has 1 aliphatic heterocycles. The Labute approximate surface area is 180 Å². The van der Waals surface area contributed by atoms with E-state index < -0.39 is 0 Å². The van der Waals surface area contributed by atoms with Crippen molar-refractivity contribution in [1.82, 2.24) is 15.0 Å². The molecule has 3 aromatic rings. The monoisotopic (exact) mass is 421 g/mol. The summed E-state index contributed by atoms with van der Waals surface area (Å²) in [5, 5.41) is 4.12. The highest BCUT2D eigenvalue weighted by Crippen LogP contribution is 2.50. The molecule has 2 aliphatic rings. The summed E-state index contributed by atoms with van der Waals surface area (Å²) in [6.45, 7) is 1.54. The lowest BCUT2D eigenvalue weighted by molar-refractivity contribution is -0.135. The second-order valence-electron chi connectivity index (χ2n) is 8.30. The summed E-state index contributed by atoms with van der Waals surface area (Å²) in [6, 6.07) is 15.9. The van der Waals surface area contributed by atoms with Crippen LogP contribution in [-0.2, 0) is 16.8 Å². The van der Waals surface area contributed by atoms with Gasteiger partial charge in [-0.3, -0.25) is 4.79 Å². The van der Waals surface area contributed by atoms with Crippen LogP contribution in [0.2, 0.25) is 0 Å². The molecule has 5 rings (SSSR count). The molecule has 2 heterocycles. The average Bonchev–Trinajstić information content (AvgIpc) is 3.50. The van der Waals surface area contributed by atoms with Gasteiger partial charge in [-0.05, 0) is 55.5 Å². The molecule has 0 atom stereocenters. The zero-order chi connectivity index (χ0) is 21.3. The van der Waals surface area contributed by atoms with Crippen molar-refractivity contribution in [2.75, 3.05) is 13.1 Å². The molecule has 7 heteroatoms. The first kappa shape index (κ1) is 19.7. The molecule has 1 aliphatic carbocycles. The maximum atomic E-state index is 13.2. The van der Waals surface area contributed by atoms with Crippen LogP contribution in [0.1, 0.15) is 48.9 Å². The lowest BCUT2D eigenvalue weighted by Gasteiger charge is -2.33. The minimum atomic E-state index is -0.314. The van der Waals surface area contributed by atoms with E-state index in [1.54, 1.807) is 12.1 Å². The van der Waals surface area contributed by atoms with Gasteiger partial charge in [0.1, 0.15) is 11.6 Å². The maximum Gasteiger partial charge on any atom is 0.264 e. The Balaban J connectivity index is 1.16. The molecule has 0 spiro atoms. The van der Waals surface area contributed by atoms with E-state index in [1.165, 1.54) is 12.1 Å². The molecule has 0 bridgehead atoms. The van der Waals surface area contributed by atoms with Gasteiger partial charge < -0.3 is 14.2 Å². The van der Waals surface area contributed by atoms with Crippen molar-refractivity contribution in [2.45, 2.75) is 43.6 Å². The topological polar surface area (TPSA) is 68.5 Å². The van der Waals surface area contributed by atoms with Crippen molar-refractivity contribution in [2.24, 2.45) is 0 Å². The normalized spacial score (nSPS) is 18.0. The average molecular weight is 421 g/mol. The molecular formula is C24H24FN3O3. The third-order valence-corrected chi connectivity index (χ3v) is 6.29. The number of carbonyl (C=O) groups excluding carboxylic acids is 1. The van der Waals surface area contributed by atoms with Crippen molar-refractivity contribution in [3.8, 4) is 5.75 Å². The van der Waals surface area contributed by atoms with E-state index in [2.05, 4.69) is 22.3 Å². The van der Waals surface area contributed by atoms with E-state index in [-0.39, 0.29) is 29.7 Å². The number of amides is 1. The van der Waals surface area contributed by atoms with Gasteiger partial charge in [0.05, 0.1) is 5.41 Å². The highest BCUT2D eigenvalue weighted by Gasteiger charge is 2.53. The van der Waals surface area contributed by atoms with E-state index in [9.17, 15) is 9.18 Å². The predicted molar refractivity (Wildman–Crippen MR) is 111 cm³/mol. The van der Waals surface area contributed by atoms with Crippen LogP contribution in [0, 0.1) is 5.82 Å². The highest BCUT2D eigenvalue weighted by molar-refractivity contribution is 5.91. The van der Waals surface area contributed by atoms with Crippen LogP contribution >= 0.6 is 0 Å². The van der Waals surface area contributed by atoms with Crippen molar-refractivity contribution < 1.29 is 18.4 Å². The Hall–Kier alpha value is -3.22. The Morgan fingerprint density at radius 2 is 1.81 bits per heavy atom. The van der Waals surface area contributed by atoms with Crippen molar-refractivity contribution in [3.05, 3.63) is 77.7 Å². The molecule has 0 unspecified atom stereocenters. The Kier molecular flexibility index (Phi) is 5.18. The van der Waals surface area contributed by atoms with Crippen LogP contribution in [0.5, 0.6) is 5.75 Å². The number of aromatic nitrogens is 2. The van der Waals surface area contributed by atoms with Gasteiger partial charge in [0, 0.05) is 19.0 Å². The summed E-state index contributed by atoms with van der Waals surface area (Å²) in [7, 11) is 0.